The van der Waals surface area contributed by atoms with E-state index >= 15 is 0 Å². The molecule has 0 radical (unpaired) electrons. The zero-order valence-electron chi connectivity index (χ0n) is 11.7. The van der Waals surface area contributed by atoms with Crippen LogP contribution in [0.4, 0.5) is 0 Å². The molecule has 1 aliphatic heterocycles. The van der Waals surface area contributed by atoms with Crippen LogP contribution >= 0.6 is 11.3 Å². The molecule has 0 saturated carbocycles. The Labute approximate surface area is 127 Å². The van der Waals surface area contributed by atoms with Crippen molar-refractivity contribution >= 4 is 23.2 Å². The Kier molecular flexibility index (Phi) is 3.75. The van der Waals surface area contributed by atoms with Gasteiger partial charge in [0.05, 0.1) is 6.54 Å². The summed E-state index contributed by atoms with van der Waals surface area (Å²) in [7, 11) is 0. The number of carbonyl (C=O) groups excluding carboxylic acids is 2. The van der Waals surface area contributed by atoms with Crippen LogP contribution in [0.1, 0.15) is 27.7 Å². The van der Waals surface area contributed by atoms with E-state index in [1.54, 1.807) is 23.2 Å². The minimum Gasteiger partial charge on any atom is -0.349 e. The van der Waals surface area contributed by atoms with Gasteiger partial charge in [0.15, 0.2) is 0 Å². The SMILES string of the molecule is CC(C(=O)NCc1cccs1)N1Cc2ccccc2C1=O. The number of benzene rings is 1. The summed E-state index contributed by atoms with van der Waals surface area (Å²) in [6.45, 7) is 2.78. The molecule has 0 bridgehead atoms. The molecule has 1 aliphatic rings. The lowest BCUT2D eigenvalue weighted by Gasteiger charge is -2.23. The fourth-order valence-electron chi connectivity index (χ4n) is 2.47. The van der Waals surface area contributed by atoms with Gasteiger partial charge < -0.3 is 10.2 Å². The van der Waals surface area contributed by atoms with Gasteiger partial charge in [0.2, 0.25) is 5.91 Å². The van der Waals surface area contributed by atoms with Crippen LogP contribution < -0.4 is 5.32 Å². The molecule has 5 heteroatoms. The summed E-state index contributed by atoms with van der Waals surface area (Å²) in [6.07, 6.45) is 0. The summed E-state index contributed by atoms with van der Waals surface area (Å²) in [5.74, 6) is -0.186. The molecule has 1 aromatic carbocycles. The van der Waals surface area contributed by atoms with Crippen molar-refractivity contribution in [3.8, 4) is 0 Å². The lowest BCUT2D eigenvalue weighted by Crippen LogP contribution is -2.44. The van der Waals surface area contributed by atoms with Gasteiger partial charge >= 0.3 is 0 Å². The van der Waals surface area contributed by atoms with Crippen LogP contribution in [0.5, 0.6) is 0 Å². The van der Waals surface area contributed by atoms with E-state index < -0.39 is 6.04 Å². The first-order valence-corrected chi connectivity index (χ1v) is 7.74. The summed E-state index contributed by atoms with van der Waals surface area (Å²) < 4.78 is 0. The van der Waals surface area contributed by atoms with E-state index in [2.05, 4.69) is 5.32 Å². The van der Waals surface area contributed by atoms with Crippen LogP contribution in [0, 0.1) is 0 Å². The largest absolute Gasteiger partial charge is 0.349 e. The number of nitrogens with zero attached hydrogens (tertiary/aromatic N) is 1. The predicted octanol–water partition coefficient (Wildman–Crippen LogP) is 2.41. The van der Waals surface area contributed by atoms with Crippen LogP contribution in [-0.2, 0) is 17.9 Å². The van der Waals surface area contributed by atoms with Crippen LogP contribution in [0.3, 0.4) is 0 Å². The standard InChI is InChI=1S/C16H16N2O2S/c1-11(15(19)17-9-13-6-4-8-21-13)18-10-12-5-2-3-7-14(12)16(18)20/h2-8,11H,9-10H2,1H3,(H,17,19). The first-order chi connectivity index (χ1) is 10.2. The summed E-state index contributed by atoms with van der Waals surface area (Å²) >= 11 is 1.60. The van der Waals surface area contributed by atoms with E-state index in [1.807, 2.05) is 41.8 Å². The van der Waals surface area contributed by atoms with Gasteiger partial charge in [0.1, 0.15) is 6.04 Å². The third kappa shape index (κ3) is 2.69. The van der Waals surface area contributed by atoms with Crippen LogP contribution in [0.2, 0.25) is 0 Å². The fraction of sp³-hybridized carbons (Fsp3) is 0.250. The quantitative estimate of drug-likeness (QED) is 0.942. The van der Waals surface area contributed by atoms with E-state index in [4.69, 9.17) is 0 Å². The first-order valence-electron chi connectivity index (χ1n) is 6.86. The number of carbonyl (C=O) groups is 2. The first kappa shape index (κ1) is 13.8. The smallest absolute Gasteiger partial charge is 0.255 e. The van der Waals surface area contributed by atoms with Crippen molar-refractivity contribution in [1.82, 2.24) is 10.2 Å². The average molecular weight is 300 g/mol. The lowest BCUT2D eigenvalue weighted by molar-refractivity contribution is -0.125. The van der Waals surface area contributed by atoms with E-state index in [1.165, 1.54) is 0 Å². The van der Waals surface area contributed by atoms with Crippen molar-refractivity contribution in [2.45, 2.75) is 26.1 Å². The number of amides is 2. The molecule has 1 aromatic heterocycles. The summed E-state index contributed by atoms with van der Waals surface area (Å²) in [6, 6.07) is 11.0. The van der Waals surface area contributed by atoms with Crippen molar-refractivity contribution in [2.75, 3.05) is 0 Å². The van der Waals surface area contributed by atoms with Gasteiger partial charge in [-0.1, -0.05) is 24.3 Å². The summed E-state index contributed by atoms with van der Waals surface area (Å²) in [5.41, 5.74) is 1.69. The van der Waals surface area contributed by atoms with Gasteiger partial charge in [0, 0.05) is 17.0 Å². The fourth-order valence-corrected chi connectivity index (χ4v) is 3.11. The maximum absolute atomic E-state index is 12.3. The van der Waals surface area contributed by atoms with Gasteiger partial charge in [-0.15, -0.1) is 11.3 Å². The highest BCUT2D eigenvalue weighted by molar-refractivity contribution is 7.09. The molecule has 21 heavy (non-hydrogen) atoms. The molecule has 0 aliphatic carbocycles. The topological polar surface area (TPSA) is 49.4 Å². The molecule has 1 N–H and O–H groups in total. The highest BCUT2D eigenvalue weighted by Gasteiger charge is 2.33. The highest BCUT2D eigenvalue weighted by atomic mass is 32.1. The van der Waals surface area contributed by atoms with Crippen molar-refractivity contribution in [3.63, 3.8) is 0 Å². The molecule has 0 saturated heterocycles. The van der Waals surface area contributed by atoms with Gasteiger partial charge in [-0.05, 0) is 30.0 Å². The zero-order chi connectivity index (χ0) is 14.8. The van der Waals surface area contributed by atoms with E-state index in [9.17, 15) is 9.59 Å². The molecule has 2 amide bonds. The molecular weight excluding hydrogens is 284 g/mol. The van der Waals surface area contributed by atoms with Crippen molar-refractivity contribution < 1.29 is 9.59 Å². The second kappa shape index (κ2) is 5.69. The van der Waals surface area contributed by atoms with Crippen LogP contribution in [0.25, 0.3) is 0 Å². The Bertz CT molecular complexity index is 667. The minimum absolute atomic E-state index is 0.0654. The van der Waals surface area contributed by atoms with Crippen LogP contribution in [0.15, 0.2) is 41.8 Å². The second-order valence-electron chi connectivity index (χ2n) is 5.06. The predicted molar refractivity (Wildman–Crippen MR) is 81.9 cm³/mol. The third-order valence-electron chi connectivity index (χ3n) is 3.71. The van der Waals surface area contributed by atoms with Gasteiger partial charge in [-0.25, -0.2) is 0 Å². The monoisotopic (exact) mass is 300 g/mol. The lowest BCUT2D eigenvalue weighted by atomic mass is 10.1. The maximum atomic E-state index is 12.3. The van der Waals surface area contributed by atoms with Gasteiger partial charge in [-0.3, -0.25) is 9.59 Å². The third-order valence-corrected chi connectivity index (χ3v) is 4.59. The molecule has 2 aromatic rings. The molecule has 0 spiro atoms. The minimum atomic E-state index is -0.468. The second-order valence-corrected chi connectivity index (χ2v) is 6.10. The van der Waals surface area contributed by atoms with E-state index in [0.29, 0.717) is 18.7 Å². The van der Waals surface area contributed by atoms with Crippen molar-refractivity contribution in [3.05, 3.63) is 57.8 Å². The Morgan fingerprint density at radius 1 is 1.33 bits per heavy atom. The maximum Gasteiger partial charge on any atom is 0.255 e. The number of fused-ring (bicyclic) bond motifs is 1. The Balaban J connectivity index is 1.65. The number of nitrogens with one attached hydrogen (secondary N) is 1. The number of hydrogen-bond acceptors (Lipinski definition) is 3. The van der Waals surface area contributed by atoms with Crippen molar-refractivity contribution in [2.24, 2.45) is 0 Å². The zero-order valence-corrected chi connectivity index (χ0v) is 12.5. The molecular formula is C16H16N2O2S. The Morgan fingerprint density at radius 3 is 2.86 bits per heavy atom. The van der Waals surface area contributed by atoms with Gasteiger partial charge in [0.25, 0.3) is 5.91 Å². The van der Waals surface area contributed by atoms with E-state index in [-0.39, 0.29) is 11.8 Å². The molecule has 1 atom stereocenters. The van der Waals surface area contributed by atoms with Crippen molar-refractivity contribution in [1.29, 1.82) is 0 Å². The average Bonchev–Trinajstić information content (AvgIpc) is 3.13. The number of rotatable bonds is 4. The summed E-state index contributed by atoms with van der Waals surface area (Å²) in [4.78, 5) is 27.3. The molecule has 4 nitrogen and oxygen atoms in total. The molecule has 2 heterocycles. The highest BCUT2D eigenvalue weighted by Crippen LogP contribution is 2.24. The molecule has 1 unspecified atom stereocenters. The number of hydrogen-bond donors (Lipinski definition) is 1. The van der Waals surface area contributed by atoms with E-state index in [0.717, 1.165) is 10.4 Å². The normalized spacial score (nSPS) is 14.9. The Hall–Kier alpha value is -2.14. The number of thiophene rings is 1. The molecule has 0 fully saturated rings. The van der Waals surface area contributed by atoms with Crippen LogP contribution in [-0.4, -0.2) is 22.8 Å². The summed E-state index contributed by atoms with van der Waals surface area (Å²) in [5, 5.41) is 4.86. The molecule has 108 valence electrons. The van der Waals surface area contributed by atoms with Gasteiger partial charge in [-0.2, -0.15) is 0 Å². The Morgan fingerprint density at radius 2 is 2.14 bits per heavy atom. The molecule has 3 rings (SSSR count).